The van der Waals surface area contributed by atoms with Crippen LogP contribution >= 0.6 is 12.2 Å². The van der Waals surface area contributed by atoms with Crippen LogP contribution in [0, 0.1) is 6.92 Å². The molecule has 0 spiro atoms. The lowest BCUT2D eigenvalue weighted by Crippen LogP contribution is -2.35. The van der Waals surface area contributed by atoms with Crippen LogP contribution in [0.1, 0.15) is 16.9 Å². The summed E-state index contributed by atoms with van der Waals surface area (Å²) in [5.41, 5.74) is 2.51. The molecule has 2 aromatic carbocycles. The van der Waals surface area contributed by atoms with Crippen molar-refractivity contribution in [2.24, 2.45) is 0 Å². The van der Waals surface area contributed by atoms with Crippen LogP contribution in [0.3, 0.4) is 0 Å². The molecule has 7 nitrogen and oxygen atoms in total. The Labute approximate surface area is 180 Å². The molecule has 0 unspecified atom stereocenters. The maximum Gasteiger partial charge on any atom is 0.240 e. The molecule has 0 radical (unpaired) electrons. The normalized spacial score (nSPS) is 11.1. The number of benzene rings is 2. The van der Waals surface area contributed by atoms with E-state index in [1.54, 1.807) is 24.3 Å². The second kappa shape index (κ2) is 9.66. The van der Waals surface area contributed by atoms with Gasteiger partial charge in [-0.3, -0.25) is 4.79 Å². The van der Waals surface area contributed by atoms with E-state index in [0.29, 0.717) is 11.4 Å². The summed E-state index contributed by atoms with van der Waals surface area (Å²) in [5.74, 6) is 0.284. The van der Waals surface area contributed by atoms with E-state index >= 15 is 0 Å². The summed E-state index contributed by atoms with van der Waals surface area (Å²) in [4.78, 5) is 12.3. The van der Waals surface area contributed by atoms with Crippen LogP contribution < -0.4 is 15.4 Å². The highest BCUT2D eigenvalue weighted by atomic mass is 32.2. The molecular formula is C21H21N3O4S2. The van der Waals surface area contributed by atoms with Crippen molar-refractivity contribution in [3.63, 3.8) is 0 Å². The van der Waals surface area contributed by atoms with E-state index in [4.69, 9.17) is 16.6 Å². The minimum atomic E-state index is -3.68. The van der Waals surface area contributed by atoms with Crippen molar-refractivity contribution in [2.75, 3.05) is 5.32 Å². The lowest BCUT2D eigenvalue weighted by atomic mass is 10.1. The minimum absolute atomic E-state index is 0.0618. The highest BCUT2D eigenvalue weighted by Crippen LogP contribution is 2.15. The van der Waals surface area contributed by atoms with Gasteiger partial charge in [-0.1, -0.05) is 24.3 Å². The monoisotopic (exact) mass is 443 g/mol. The van der Waals surface area contributed by atoms with Gasteiger partial charge in [-0.05, 0) is 66.7 Å². The lowest BCUT2D eigenvalue weighted by Gasteiger charge is -2.11. The number of aryl methyl sites for hydroxylation is 1. The van der Waals surface area contributed by atoms with Gasteiger partial charge < -0.3 is 15.1 Å². The van der Waals surface area contributed by atoms with Gasteiger partial charge in [-0.25, -0.2) is 13.1 Å². The first kappa shape index (κ1) is 21.7. The Morgan fingerprint density at radius 3 is 2.43 bits per heavy atom. The molecule has 1 aromatic heterocycles. The molecule has 156 valence electrons. The molecule has 3 N–H and O–H groups in total. The molecule has 0 aliphatic carbocycles. The van der Waals surface area contributed by atoms with Gasteiger partial charge in [0, 0.05) is 5.69 Å². The van der Waals surface area contributed by atoms with E-state index in [0.717, 1.165) is 11.1 Å². The van der Waals surface area contributed by atoms with Gasteiger partial charge in [0.25, 0.3) is 0 Å². The van der Waals surface area contributed by atoms with E-state index in [2.05, 4.69) is 15.4 Å². The number of carbonyl (C=O) groups is 1. The van der Waals surface area contributed by atoms with Gasteiger partial charge in [0.05, 0.1) is 24.1 Å². The molecule has 0 saturated heterocycles. The molecule has 0 aliphatic heterocycles. The van der Waals surface area contributed by atoms with Crippen molar-refractivity contribution in [3.05, 3.63) is 83.8 Å². The van der Waals surface area contributed by atoms with Crippen LogP contribution in [0.4, 0.5) is 5.69 Å². The van der Waals surface area contributed by atoms with E-state index in [-0.39, 0.29) is 28.9 Å². The van der Waals surface area contributed by atoms with Gasteiger partial charge >= 0.3 is 0 Å². The fourth-order valence-electron chi connectivity index (χ4n) is 2.69. The number of anilines is 1. The Hall–Kier alpha value is -3.01. The molecule has 3 rings (SSSR count). The summed E-state index contributed by atoms with van der Waals surface area (Å²) in [6.45, 7) is 2.00. The molecule has 30 heavy (non-hydrogen) atoms. The second-order valence-electron chi connectivity index (χ2n) is 6.53. The topological polar surface area (TPSA) is 100 Å². The average molecular weight is 444 g/mol. The maximum absolute atomic E-state index is 12.4. The Morgan fingerprint density at radius 2 is 1.77 bits per heavy atom. The van der Waals surface area contributed by atoms with Gasteiger partial charge in [0.1, 0.15) is 5.76 Å². The van der Waals surface area contributed by atoms with Crippen LogP contribution in [0.15, 0.2) is 76.2 Å². The first-order valence-corrected chi connectivity index (χ1v) is 11.0. The quantitative estimate of drug-likeness (QED) is 0.485. The number of rotatable bonds is 7. The van der Waals surface area contributed by atoms with Crippen molar-refractivity contribution < 1.29 is 17.6 Å². The van der Waals surface area contributed by atoms with Crippen molar-refractivity contribution in [1.82, 2.24) is 10.0 Å². The SMILES string of the molecule is Cc1ccccc1CC(=O)NC(=S)Nc1ccc(S(=O)(=O)NCc2ccco2)cc1. The van der Waals surface area contributed by atoms with E-state index in [9.17, 15) is 13.2 Å². The zero-order valence-electron chi connectivity index (χ0n) is 16.2. The number of hydrogen-bond donors (Lipinski definition) is 3. The molecule has 0 saturated carbocycles. The van der Waals surface area contributed by atoms with E-state index < -0.39 is 10.0 Å². The number of hydrogen-bond acceptors (Lipinski definition) is 5. The molecule has 1 amide bonds. The van der Waals surface area contributed by atoms with Crippen molar-refractivity contribution in [2.45, 2.75) is 24.8 Å². The molecule has 9 heteroatoms. The zero-order chi connectivity index (χ0) is 21.6. The van der Waals surface area contributed by atoms with Gasteiger partial charge in [0.2, 0.25) is 15.9 Å². The fourth-order valence-corrected chi connectivity index (χ4v) is 3.92. The Morgan fingerprint density at radius 1 is 1.03 bits per heavy atom. The number of amides is 1. The van der Waals surface area contributed by atoms with Crippen LogP contribution in [-0.2, 0) is 27.8 Å². The first-order valence-electron chi connectivity index (χ1n) is 9.11. The summed E-state index contributed by atoms with van der Waals surface area (Å²) >= 11 is 5.17. The molecule has 0 atom stereocenters. The predicted molar refractivity (Wildman–Crippen MR) is 118 cm³/mol. The van der Waals surface area contributed by atoms with Crippen LogP contribution in [0.2, 0.25) is 0 Å². The van der Waals surface area contributed by atoms with Crippen molar-refractivity contribution in [1.29, 1.82) is 0 Å². The standard InChI is InChI=1S/C21H21N3O4S2/c1-15-5-2-3-6-16(15)13-20(25)24-21(29)23-17-8-10-19(11-9-17)30(26,27)22-14-18-7-4-12-28-18/h2-12,22H,13-14H2,1H3,(H2,23,24,25,29). The fraction of sp³-hybridized carbons (Fsp3) is 0.143. The molecule has 0 fully saturated rings. The second-order valence-corrected chi connectivity index (χ2v) is 8.71. The Bertz CT molecular complexity index is 1130. The maximum atomic E-state index is 12.4. The molecular weight excluding hydrogens is 422 g/mol. The number of thiocarbonyl (C=S) groups is 1. The van der Waals surface area contributed by atoms with Gasteiger partial charge in [0.15, 0.2) is 5.11 Å². The lowest BCUT2D eigenvalue weighted by molar-refractivity contribution is -0.119. The van der Waals surface area contributed by atoms with Crippen LogP contribution in [0.5, 0.6) is 0 Å². The number of furan rings is 1. The van der Waals surface area contributed by atoms with Gasteiger partial charge in [-0.15, -0.1) is 0 Å². The summed E-state index contributed by atoms with van der Waals surface area (Å²) in [6, 6.07) is 17.0. The van der Waals surface area contributed by atoms with Gasteiger partial charge in [-0.2, -0.15) is 0 Å². The molecule has 0 aliphatic rings. The third-order valence-corrected chi connectivity index (χ3v) is 5.93. The predicted octanol–water partition coefficient (Wildman–Crippen LogP) is 3.12. The summed E-state index contributed by atoms with van der Waals surface area (Å²) in [6.07, 6.45) is 1.69. The largest absolute Gasteiger partial charge is 0.468 e. The Kier molecular flexibility index (Phi) is 6.99. The molecule has 1 heterocycles. The summed E-state index contributed by atoms with van der Waals surface area (Å²) in [7, 11) is -3.68. The third kappa shape index (κ3) is 5.99. The summed E-state index contributed by atoms with van der Waals surface area (Å²) in [5, 5.41) is 5.64. The highest BCUT2D eigenvalue weighted by molar-refractivity contribution is 7.89. The number of sulfonamides is 1. The smallest absolute Gasteiger partial charge is 0.240 e. The van der Waals surface area contributed by atoms with Crippen molar-refractivity contribution in [3.8, 4) is 0 Å². The number of nitrogens with one attached hydrogen (secondary N) is 3. The van der Waals surface area contributed by atoms with E-state index in [1.165, 1.54) is 18.4 Å². The van der Waals surface area contributed by atoms with Crippen molar-refractivity contribution >= 4 is 38.9 Å². The molecule has 3 aromatic rings. The zero-order valence-corrected chi connectivity index (χ0v) is 17.8. The van der Waals surface area contributed by atoms with Crippen LogP contribution in [-0.4, -0.2) is 19.4 Å². The summed E-state index contributed by atoms with van der Waals surface area (Å²) < 4.78 is 32.3. The van der Waals surface area contributed by atoms with E-state index in [1.807, 2.05) is 31.2 Å². The molecule has 0 bridgehead atoms. The minimum Gasteiger partial charge on any atom is -0.468 e. The highest BCUT2D eigenvalue weighted by Gasteiger charge is 2.14. The Balaban J connectivity index is 1.53. The first-order chi connectivity index (χ1) is 14.3. The third-order valence-electron chi connectivity index (χ3n) is 4.30. The average Bonchev–Trinajstić information content (AvgIpc) is 3.22. The number of carbonyl (C=O) groups excluding carboxylic acids is 1. The van der Waals surface area contributed by atoms with Crippen LogP contribution in [0.25, 0.3) is 0 Å².